The van der Waals surface area contributed by atoms with Crippen LogP contribution in [0, 0.1) is 5.92 Å². The number of hydrogen-bond acceptors (Lipinski definition) is 4. The zero-order valence-corrected chi connectivity index (χ0v) is 34.1. The molecule has 1 saturated heterocycles. The smallest absolute Gasteiger partial charge is 0.409 e. The molecule has 1 fully saturated rings. The zero-order valence-electron chi connectivity index (χ0n) is 34.1. The van der Waals surface area contributed by atoms with Gasteiger partial charge in [-0.3, -0.25) is 0 Å². The molecular weight excluding hydrogens is 629 g/mol. The highest BCUT2D eigenvalue weighted by atomic mass is 16.6. The summed E-state index contributed by atoms with van der Waals surface area (Å²) in [6.07, 6.45) is 50.7. The summed E-state index contributed by atoms with van der Waals surface area (Å²) in [5.41, 5.74) is 0. The van der Waals surface area contributed by atoms with Gasteiger partial charge >= 0.3 is 6.09 Å². The van der Waals surface area contributed by atoms with Crippen LogP contribution in [0.2, 0.25) is 0 Å². The molecule has 296 valence electrons. The molecule has 0 radical (unpaired) electrons. The standard InChI is InChI=1S/C46H84N2O3/c1-4-6-8-10-12-14-16-18-20-22-24-26-28-30-32-34-39-48(46(49)51-44-45-37-36-38-47(3)43-45)40-42-50-41-35-33-31-29-27-25-23-21-19-17-15-13-11-9-7-5-2/h12-15,18-21,45H,4-11,16-17,22-44H2,1-3H3/b14-12-,15-13-,20-18-,21-19-. The van der Waals surface area contributed by atoms with Gasteiger partial charge in [-0.25, -0.2) is 4.79 Å². The quantitative estimate of drug-likeness (QED) is 0.0484. The Kier molecular flexibility index (Phi) is 35.0. The second-order valence-electron chi connectivity index (χ2n) is 15.1. The van der Waals surface area contributed by atoms with Crippen LogP contribution in [-0.2, 0) is 9.47 Å². The van der Waals surface area contributed by atoms with Crippen LogP contribution in [-0.4, -0.2) is 68.9 Å². The SMILES string of the molecule is CCCCC/C=C\C/C=C\CCCCCCCCOCCN(CCCCCCCC/C=C\C/C=C\CCCCC)C(=O)OCC1CCCN(C)C1. The van der Waals surface area contributed by atoms with E-state index in [1.54, 1.807) is 0 Å². The molecule has 1 unspecified atom stereocenters. The molecule has 0 aromatic carbocycles. The van der Waals surface area contributed by atoms with Crippen molar-refractivity contribution >= 4 is 6.09 Å². The summed E-state index contributed by atoms with van der Waals surface area (Å²) in [6.45, 7) is 10.0. The van der Waals surface area contributed by atoms with E-state index < -0.39 is 0 Å². The Bertz CT molecular complexity index is 867. The van der Waals surface area contributed by atoms with Crippen molar-refractivity contribution < 1.29 is 14.3 Å². The van der Waals surface area contributed by atoms with Crippen LogP contribution in [0.25, 0.3) is 0 Å². The van der Waals surface area contributed by atoms with Gasteiger partial charge in [-0.05, 0) is 103 Å². The lowest BCUT2D eigenvalue weighted by Crippen LogP contribution is -2.39. The van der Waals surface area contributed by atoms with Gasteiger partial charge in [0.2, 0.25) is 0 Å². The molecule has 0 aromatic rings. The third-order valence-electron chi connectivity index (χ3n) is 10.0. The van der Waals surface area contributed by atoms with Gasteiger partial charge in [0.15, 0.2) is 0 Å². The average molecular weight is 713 g/mol. The Balaban J connectivity index is 2.15. The molecule has 1 heterocycles. The first kappa shape index (κ1) is 47.2. The van der Waals surface area contributed by atoms with Crippen molar-refractivity contribution in [1.29, 1.82) is 0 Å². The Labute approximate surface area is 317 Å². The van der Waals surface area contributed by atoms with E-state index in [4.69, 9.17) is 9.47 Å². The molecule has 5 heteroatoms. The lowest BCUT2D eigenvalue weighted by molar-refractivity contribution is 0.0548. The van der Waals surface area contributed by atoms with Crippen LogP contribution in [0.4, 0.5) is 4.79 Å². The highest BCUT2D eigenvalue weighted by Crippen LogP contribution is 2.16. The predicted molar refractivity (Wildman–Crippen MR) is 223 cm³/mol. The number of likely N-dealkylation sites (tertiary alicyclic amines) is 1. The number of hydrogen-bond donors (Lipinski definition) is 0. The van der Waals surface area contributed by atoms with E-state index in [2.05, 4.69) is 74.4 Å². The number of ether oxygens (including phenoxy) is 2. The van der Waals surface area contributed by atoms with E-state index in [9.17, 15) is 4.79 Å². The van der Waals surface area contributed by atoms with Gasteiger partial charge in [-0.2, -0.15) is 0 Å². The van der Waals surface area contributed by atoms with Gasteiger partial charge < -0.3 is 19.3 Å². The molecule has 0 spiro atoms. The number of rotatable bonds is 35. The lowest BCUT2D eigenvalue weighted by Gasteiger charge is -2.30. The fourth-order valence-corrected chi connectivity index (χ4v) is 6.74. The second kappa shape index (κ2) is 37.9. The van der Waals surface area contributed by atoms with E-state index in [0.29, 0.717) is 25.7 Å². The van der Waals surface area contributed by atoms with Crippen molar-refractivity contribution in [1.82, 2.24) is 9.80 Å². The number of amides is 1. The molecule has 1 amide bonds. The molecule has 1 atom stereocenters. The number of carbonyl (C=O) groups is 1. The molecule has 0 aromatic heterocycles. The van der Waals surface area contributed by atoms with Crippen molar-refractivity contribution in [2.75, 3.05) is 53.0 Å². The minimum atomic E-state index is -0.150. The number of carbonyl (C=O) groups excluding carboxylic acids is 1. The molecule has 0 saturated carbocycles. The van der Waals surface area contributed by atoms with Gasteiger partial charge in [-0.15, -0.1) is 0 Å². The van der Waals surface area contributed by atoms with Crippen LogP contribution >= 0.6 is 0 Å². The van der Waals surface area contributed by atoms with Crippen LogP contribution in [0.1, 0.15) is 181 Å². The van der Waals surface area contributed by atoms with Crippen molar-refractivity contribution in [2.45, 2.75) is 181 Å². The Morgan fingerprint density at radius 1 is 0.608 bits per heavy atom. The molecule has 1 rings (SSSR count). The van der Waals surface area contributed by atoms with Gasteiger partial charge in [-0.1, -0.05) is 140 Å². The summed E-state index contributed by atoms with van der Waals surface area (Å²) in [6, 6.07) is 0. The number of allylic oxidation sites excluding steroid dienone is 8. The van der Waals surface area contributed by atoms with Crippen LogP contribution < -0.4 is 0 Å². The van der Waals surface area contributed by atoms with E-state index in [1.165, 1.54) is 135 Å². The molecule has 1 aliphatic heterocycles. The van der Waals surface area contributed by atoms with Crippen molar-refractivity contribution in [3.05, 3.63) is 48.6 Å². The normalized spacial score (nSPS) is 15.7. The Hall–Kier alpha value is -1.85. The highest BCUT2D eigenvalue weighted by Gasteiger charge is 2.21. The Morgan fingerprint density at radius 2 is 1.10 bits per heavy atom. The average Bonchev–Trinajstić information content (AvgIpc) is 3.13. The maximum atomic E-state index is 13.1. The fraction of sp³-hybridized carbons (Fsp3) is 0.804. The predicted octanol–water partition coefficient (Wildman–Crippen LogP) is 13.4. The largest absolute Gasteiger partial charge is 0.449 e. The van der Waals surface area contributed by atoms with E-state index in [-0.39, 0.29) is 6.09 Å². The highest BCUT2D eigenvalue weighted by molar-refractivity contribution is 5.67. The first-order valence-electron chi connectivity index (χ1n) is 21.9. The van der Waals surface area contributed by atoms with E-state index >= 15 is 0 Å². The topological polar surface area (TPSA) is 42.0 Å². The molecule has 0 N–H and O–H groups in total. The summed E-state index contributed by atoms with van der Waals surface area (Å²) < 4.78 is 11.8. The van der Waals surface area contributed by atoms with Gasteiger partial charge in [0, 0.05) is 32.2 Å². The summed E-state index contributed by atoms with van der Waals surface area (Å²) in [4.78, 5) is 17.4. The zero-order chi connectivity index (χ0) is 36.7. The van der Waals surface area contributed by atoms with E-state index in [0.717, 1.165) is 58.3 Å². The summed E-state index contributed by atoms with van der Waals surface area (Å²) in [5, 5.41) is 0. The number of unbranched alkanes of at least 4 members (excludes halogenated alkanes) is 18. The summed E-state index contributed by atoms with van der Waals surface area (Å²) in [7, 11) is 2.17. The second-order valence-corrected chi connectivity index (χ2v) is 15.1. The first-order valence-corrected chi connectivity index (χ1v) is 21.9. The van der Waals surface area contributed by atoms with E-state index in [1.807, 2.05) is 4.90 Å². The molecule has 5 nitrogen and oxygen atoms in total. The van der Waals surface area contributed by atoms with Crippen LogP contribution in [0.3, 0.4) is 0 Å². The molecule has 0 bridgehead atoms. The fourth-order valence-electron chi connectivity index (χ4n) is 6.74. The third kappa shape index (κ3) is 32.5. The van der Waals surface area contributed by atoms with Gasteiger partial charge in [0.05, 0.1) is 13.2 Å². The monoisotopic (exact) mass is 713 g/mol. The van der Waals surface area contributed by atoms with Crippen LogP contribution in [0.5, 0.6) is 0 Å². The molecule has 1 aliphatic rings. The van der Waals surface area contributed by atoms with Gasteiger partial charge in [0.1, 0.15) is 0 Å². The van der Waals surface area contributed by atoms with Crippen molar-refractivity contribution in [3.63, 3.8) is 0 Å². The molecule has 51 heavy (non-hydrogen) atoms. The summed E-state index contributed by atoms with van der Waals surface area (Å²) >= 11 is 0. The van der Waals surface area contributed by atoms with Crippen LogP contribution in [0.15, 0.2) is 48.6 Å². The van der Waals surface area contributed by atoms with Gasteiger partial charge in [0.25, 0.3) is 0 Å². The number of nitrogens with zero attached hydrogens (tertiary/aromatic N) is 2. The Morgan fingerprint density at radius 3 is 1.63 bits per heavy atom. The third-order valence-corrected chi connectivity index (χ3v) is 10.0. The maximum absolute atomic E-state index is 13.1. The minimum Gasteiger partial charge on any atom is -0.449 e. The molecule has 0 aliphatic carbocycles. The minimum absolute atomic E-state index is 0.150. The summed E-state index contributed by atoms with van der Waals surface area (Å²) in [5.74, 6) is 0.455. The molecular formula is C46H84N2O3. The maximum Gasteiger partial charge on any atom is 0.409 e. The van der Waals surface area contributed by atoms with Crippen molar-refractivity contribution in [2.24, 2.45) is 5.92 Å². The number of piperidine rings is 1. The van der Waals surface area contributed by atoms with Crippen molar-refractivity contribution in [3.8, 4) is 0 Å². The first-order chi connectivity index (χ1) is 25.2. The lowest BCUT2D eigenvalue weighted by atomic mass is 10.00.